The first-order valence-electron chi connectivity index (χ1n) is 5.73. The zero-order valence-electron chi connectivity index (χ0n) is 10.1. The summed E-state index contributed by atoms with van der Waals surface area (Å²) in [4.78, 5) is 11.4. The Balaban J connectivity index is 2.43. The summed E-state index contributed by atoms with van der Waals surface area (Å²) < 4.78 is 5.38. The van der Waals surface area contributed by atoms with Crippen molar-refractivity contribution < 1.29 is 14.6 Å². The van der Waals surface area contributed by atoms with Crippen LogP contribution in [-0.4, -0.2) is 30.8 Å². The third-order valence-electron chi connectivity index (χ3n) is 2.27. The largest absolute Gasteiger partial charge is 0.483 e. The van der Waals surface area contributed by atoms with Crippen LogP contribution in [0.15, 0.2) is 24.3 Å². The van der Waals surface area contributed by atoms with Gasteiger partial charge >= 0.3 is 0 Å². The van der Waals surface area contributed by atoms with E-state index in [1.807, 2.05) is 24.3 Å². The van der Waals surface area contributed by atoms with E-state index in [2.05, 4.69) is 5.32 Å². The number of ether oxygens (including phenoxy) is 1. The molecule has 96 valence electrons. The number of rotatable bonds is 7. The van der Waals surface area contributed by atoms with Crippen molar-refractivity contribution in [1.29, 1.82) is 5.26 Å². The van der Waals surface area contributed by atoms with Crippen LogP contribution in [0.2, 0.25) is 0 Å². The molecule has 0 spiro atoms. The van der Waals surface area contributed by atoms with Crippen LogP contribution in [0.5, 0.6) is 5.75 Å². The molecule has 0 saturated heterocycles. The second-order valence-corrected chi connectivity index (χ2v) is 3.63. The SMILES string of the molecule is N#CCCNC(=O)COc1ccccc1CCO. The van der Waals surface area contributed by atoms with Crippen molar-refractivity contribution in [1.82, 2.24) is 5.32 Å². The fraction of sp³-hybridized carbons (Fsp3) is 0.385. The van der Waals surface area contributed by atoms with Crippen molar-refractivity contribution in [2.24, 2.45) is 0 Å². The fourth-order valence-electron chi connectivity index (χ4n) is 1.42. The number of hydrogen-bond donors (Lipinski definition) is 2. The maximum Gasteiger partial charge on any atom is 0.257 e. The number of carbonyl (C=O) groups is 1. The van der Waals surface area contributed by atoms with Crippen LogP contribution < -0.4 is 10.1 Å². The summed E-state index contributed by atoms with van der Waals surface area (Å²) in [6, 6.07) is 9.20. The topological polar surface area (TPSA) is 82.4 Å². The molecule has 0 saturated carbocycles. The maximum absolute atomic E-state index is 11.4. The molecule has 1 aromatic carbocycles. The lowest BCUT2D eigenvalue weighted by Gasteiger charge is -2.10. The Morgan fingerprint density at radius 1 is 1.44 bits per heavy atom. The first kappa shape index (κ1) is 14.0. The van der Waals surface area contributed by atoms with Gasteiger partial charge in [-0.25, -0.2) is 0 Å². The Hall–Kier alpha value is -2.06. The van der Waals surface area contributed by atoms with Gasteiger partial charge in [0, 0.05) is 13.2 Å². The summed E-state index contributed by atoms with van der Waals surface area (Å²) in [5, 5.41) is 19.8. The number of para-hydroxylation sites is 1. The molecule has 0 atom stereocenters. The number of amides is 1. The first-order chi connectivity index (χ1) is 8.77. The highest BCUT2D eigenvalue weighted by molar-refractivity contribution is 5.77. The predicted octanol–water partition coefficient (Wildman–Crippen LogP) is 0.630. The number of aliphatic hydroxyl groups is 1. The van der Waals surface area contributed by atoms with Gasteiger partial charge in [0.25, 0.3) is 5.91 Å². The summed E-state index contributed by atoms with van der Waals surface area (Å²) in [5.74, 6) is 0.339. The normalized spacial score (nSPS) is 9.56. The molecule has 2 N–H and O–H groups in total. The molecule has 0 fully saturated rings. The van der Waals surface area contributed by atoms with E-state index in [-0.39, 0.29) is 25.5 Å². The van der Waals surface area contributed by atoms with Gasteiger partial charge < -0.3 is 15.2 Å². The third-order valence-corrected chi connectivity index (χ3v) is 2.27. The molecule has 1 amide bonds. The molecule has 18 heavy (non-hydrogen) atoms. The number of nitriles is 1. The van der Waals surface area contributed by atoms with Gasteiger partial charge in [-0.05, 0) is 18.1 Å². The average Bonchev–Trinajstić information content (AvgIpc) is 2.38. The Labute approximate surface area is 106 Å². The van der Waals surface area contributed by atoms with Gasteiger partial charge in [-0.1, -0.05) is 18.2 Å². The summed E-state index contributed by atoms with van der Waals surface area (Å²) in [6.45, 7) is 0.277. The van der Waals surface area contributed by atoms with E-state index in [1.54, 1.807) is 6.07 Å². The van der Waals surface area contributed by atoms with Gasteiger partial charge in [0.1, 0.15) is 5.75 Å². The van der Waals surface area contributed by atoms with Crippen molar-refractivity contribution in [3.05, 3.63) is 29.8 Å². The molecule has 0 aliphatic rings. The van der Waals surface area contributed by atoms with E-state index in [0.717, 1.165) is 5.56 Å². The molecular formula is C13H16N2O3. The van der Waals surface area contributed by atoms with Crippen LogP contribution in [0.4, 0.5) is 0 Å². The fourth-order valence-corrected chi connectivity index (χ4v) is 1.42. The minimum Gasteiger partial charge on any atom is -0.483 e. The van der Waals surface area contributed by atoms with E-state index >= 15 is 0 Å². The number of hydrogen-bond acceptors (Lipinski definition) is 4. The van der Waals surface area contributed by atoms with Crippen molar-refractivity contribution >= 4 is 5.91 Å². The van der Waals surface area contributed by atoms with E-state index < -0.39 is 0 Å². The van der Waals surface area contributed by atoms with Gasteiger partial charge in [-0.2, -0.15) is 5.26 Å². The van der Waals surface area contributed by atoms with Crippen LogP contribution in [0.3, 0.4) is 0 Å². The van der Waals surface area contributed by atoms with Crippen LogP contribution >= 0.6 is 0 Å². The molecule has 1 rings (SSSR count). The standard InChI is InChI=1S/C13H16N2O3/c14-7-3-8-15-13(17)10-18-12-5-2-1-4-11(12)6-9-16/h1-2,4-5,16H,3,6,8-10H2,(H,15,17). The molecule has 0 unspecified atom stereocenters. The highest BCUT2D eigenvalue weighted by atomic mass is 16.5. The molecule has 5 heteroatoms. The number of nitrogens with one attached hydrogen (secondary N) is 1. The van der Waals surface area contributed by atoms with E-state index in [1.165, 1.54) is 0 Å². The smallest absolute Gasteiger partial charge is 0.257 e. The van der Waals surface area contributed by atoms with E-state index in [0.29, 0.717) is 18.7 Å². The Morgan fingerprint density at radius 2 is 2.22 bits per heavy atom. The van der Waals surface area contributed by atoms with Crippen molar-refractivity contribution in [2.45, 2.75) is 12.8 Å². The molecule has 1 aromatic rings. The quantitative estimate of drug-likeness (QED) is 0.693. The molecule has 0 heterocycles. The molecule has 0 radical (unpaired) electrons. The molecule has 0 bridgehead atoms. The number of nitrogens with zero attached hydrogens (tertiary/aromatic N) is 1. The predicted molar refractivity (Wildman–Crippen MR) is 66.0 cm³/mol. The van der Waals surface area contributed by atoms with Gasteiger partial charge in [-0.3, -0.25) is 4.79 Å². The summed E-state index contributed by atoms with van der Waals surface area (Å²) in [6.07, 6.45) is 0.777. The van der Waals surface area contributed by atoms with Crippen molar-refractivity contribution in [3.8, 4) is 11.8 Å². The average molecular weight is 248 g/mol. The highest BCUT2D eigenvalue weighted by Crippen LogP contribution is 2.17. The van der Waals surface area contributed by atoms with Crippen LogP contribution in [0.1, 0.15) is 12.0 Å². The minimum absolute atomic E-state index is 0.0364. The lowest BCUT2D eigenvalue weighted by atomic mass is 10.1. The van der Waals surface area contributed by atoms with Gasteiger partial charge in [0.05, 0.1) is 12.5 Å². The summed E-state index contributed by atoms with van der Waals surface area (Å²) in [7, 11) is 0. The lowest BCUT2D eigenvalue weighted by Crippen LogP contribution is -2.29. The minimum atomic E-state index is -0.260. The Bertz CT molecular complexity index is 426. The van der Waals surface area contributed by atoms with Gasteiger partial charge in [0.2, 0.25) is 0 Å². The zero-order chi connectivity index (χ0) is 13.2. The summed E-state index contributed by atoms with van der Waals surface area (Å²) >= 11 is 0. The molecule has 0 aliphatic heterocycles. The van der Waals surface area contributed by atoms with Gasteiger partial charge in [-0.15, -0.1) is 0 Å². The molecule has 0 aliphatic carbocycles. The highest BCUT2D eigenvalue weighted by Gasteiger charge is 2.05. The van der Waals surface area contributed by atoms with Crippen molar-refractivity contribution in [2.75, 3.05) is 19.8 Å². The van der Waals surface area contributed by atoms with Crippen molar-refractivity contribution in [3.63, 3.8) is 0 Å². The second-order valence-electron chi connectivity index (χ2n) is 3.63. The van der Waals surface area contributed by atoms with Crippen LogP contribution in [0.25, 0.3) is 0 Å². The Morgan fingerprint density at radius 3 is 2.94 bits per heavy atom. The number of benzene rings is 1. The van der Waals surface area contributed by atoms with E-state index in [4.69, 9.17) is 15.1 Å². The second kappa shape index (κ2) is 8.09. The van der Waals surface area contributed by atoms with Gasteiger partial charge in [0.15, 0.2) is 6.61 Å². The van der Waals surface area contributed by atoms with Crippen LogP contribution in [0, 0.1) is 11.3 Å². The maximum atomic E-state index is 11.4. The van der Waals surface area contributed by atoms with Crippen LogP contribution in [-0.2, 0) is 11.2 Å². The number of carbonyl (C=O) groups excluding carboxylic acids is 1. The van der Waals surface area contributed by atoms with E-state index in [9.17, 15) is 4.79 Å². The monoisotopic (exact) mass is 248 g/mol. The molecule has 0 aromatic heterocycles. The molecule has 5 nitrogen and oxygen atoms in total. The zero-order valence-corrected chi connectivity index (χ0v) is 10.1. The lowest BCUT2D eigenvalue weighted by molar-refractivity contribution is -0.123. The Kier molecular flexibility index (Phi) is 6.30. The molecular weight excluding hydrogens is 232 g/mol. The summed E-state index contributed by atoms with van der Waals surface area (Å²) in [5.41, 5.74) is 0.866. The third kappa shape index (κ3) is 4.85. The number of aliphatic hydroxyl groups excluding tert-OH is 1. The first-order valence-corrected chi connectivity index (χ1v) is 5.73.